The van der Waals surface area contributed by atoms with E-state index in [4.69, 9.17) is 5.73 Å². The average molecular weight is 241 g/mol. The maximum absolute atomic E-state index is 5.70. The van der Waals surface area contributed by atoms with Crippen LogP contribution in [0.2, 0.25) is 0 Å². The normalized spacial score (nSPS) is 11.1. The molecule has 2 N–H and O–H groups in total. The van der Waals surface area contributed by atoms with Crippen LogP contribution in [0.4, 0.5) is 0 Å². The van der Waals surface area contributed by atoms with Crippen LogP contribution < -0.4 is 10.9 Å². The van der Waals surface area contributed by atoms with E-state index in [2.05, 4.69) is 54.6 Å². The Morgan fingerprint density at radius 2 is 1.53 bits per heavy atom. The number of hydrogen-bond donors (Lipinski definition) is 1. The molecule has 0 amide bonds. The van der Waals surface area contributed by atoms with Crippen LogP contribution >= 0.6 is 0 Å². The molecule has 0 atom stereocenters. The maximum atomic E-state index is 5.70. The fraction of sp³-hybridized carbons (Fsp3) is 0.200. The second kappa shape index (κ2) is 6.38. The summed E-state index contributed by atoms with van der Waals surface area (Å²) in [7, 11) is -0.252. The molecule has 0 aliphatic heterocycles. The maximum Gasteiger partial charge on any atom is 0.0701 e. The molecular formula is C15H19NSi. The fourth-order valence-electron chi connectivity index (χ4n) is 2.12. The lowest BCUT2D eigenvalue weighted by atomic mass is 10.0. The molecule has 0 unspecified atom stereocenters. The summed E-state index contributed by atoms with van der Waals surface area (Å²) in [5, 5.41) is 1.53. The molecule has 0 fully saturated rings. The van der Waals surface area contributed by atoms with Crippen molar-refractivity contribution in [1.82, 2.24) is 0 Å². The molecule has 0 aromatic heterocycles. The van der Waals surface area contributed by atoms with Crippen LogP contribution in [0.1, 0.15) is 11.1 Å². The fourth-order valence-corrected chi connectivity index (χ4v) is 3.35. The minimum absolute atomic E-state index is 0.252. The van der Waals surface area contributed by atoms with Gasteiger partial charge >= 0.3 is 0 Å². The van der Waals surface area contributed by atoms with E-state index in [1.165, 1.54) is 16.3 Å². The third kappa shape index (κ3) is 3.55. The molecule has 2 aromatic rings. The lowest BCUT2D eigenvalue weighted by Gasteiger charge is -2.08. The lowest BCUT2D eigenvalue weighted by Crippen LogP contribution is -2.26. The Morgan fingerprint density at radius 1 is 0.824 bits per heavy atom. The van der Waals surface area contributed by atoms with E-state index in [-0.39, 0.29) is 9.52 Å². The van der Waals surface area contributed by atoms with Gasteiger partial charge in [0, 0.05) is 0 Å². The summed E-state index contributed by atoms with van der Waals surface area (Å²) in [6.07, 6.45) is 3.12. The van der Waals surface area contributed by atoms with Crippen molar-refractivity contribution in [3.05, 3.63) is 65.7 Å². The first-order valence-electron chi connectivity index (χ1n) is 6.21. The van der Waals surface area contributed by atoms with E-state index in [9.17, 15) is 0 Å². The third-order valence-electron chi connectivity index (χ3n) is 3.06. The minimum atomic E-state index is -0.252. The van der Waals surface area contributed by atoms with Gasteiger partial charge in [-0.05, 0) is 30.1 Å². The third-order valence-corrected chi connectivity index (χ3v) is 4.58. The van der Waals surface area contributed by atoms with Crippen LogP contribution in [-0.2, 0) is 12.8 Å². The van der Waals surface area contributed by atoms with Gasteiger partial charge in [0.15, 0.2) is 0 Å². The Balaban J connectivity index is 2.03. The second-order valence-electron chi connectivity index (χ2n) is 4.29. The summed E-state index contributed by atoms with van der Waals surface area (Å²) < 4.78 is 0. The Labute approximate surface area is 105 Å². The van der Waals surface area contributed by atoms with Crippen molar-refractivity contribution >= 4 is 14.7 Å². The number of hydrogen-bond acceptors (Lipinski definition) is 1. The standard InChI is InChI=1S/C15H19NSi/c16-12-17-15-9-5-4-8-14(15)11-10-13-6-2-1-3-7-13/h1-9H,10-12,16-17H2. The first-order chi connectivity index (χ1) is 8.40. The Hall–Kier alpha value is -1.38. The van der Waals surface area contributed by atoms with Gasteiger partial charge in [-0.3, -0.25) is 0 Å². The van der Waals surface area contributed by atoms with Crippen molar-refractivity contribution in [2.24, 2.45) is 5.73 Å². The zero-order valence-electron chi connectivity index (χ0n) is 10.1. The number of nitrogens with two attached hydrogens (primary N) is 1. The van der Waals surface area contributed by atoms with Gasteiger partial charge in [-0.2, -0.15) is 0 Å². The molecule has 0 radical (unpaired) electrons. The molecule has 88 valence electrons. The predicted molar refractivity (Wildman–Crippen MR) is 77.5 cm³/mol. The summed E-state index contributed by atoms with van der Waals surface area (Å²) in [4.78, 5) is 0. The molecule has 2 rings (SSSR count). The molecule has 0 bridgehead atoms. The van der Waals surface area contributed by atoms with E-state index in [1.54, 1.807) is 0 Å². The van der Waals surface area contributed by atoms with Crippen LogP contribution in [0.15, 0.2) is 54.6 Å². The molecule has 1 nitrogen and oxygen atoms in total. The van der Waals surface area contributed by atoms with E-state index in [0.717, 1.165) is 19.0 Å². The largest absolute Gasteiger partial charge is 0.333 e. The molecule has 0 heterocycles. The molecule has 0 spiro atoms. The average Bonchev–Trinajstić information content (AvgIpc) is 2.39. The van der Waals surface area contributed by atoms with E-state index >= 15 is 0 Å². The van der Waals surface area contributed by atoms with E-state index in [0.29, 0.717) is 0 Å². The molecule has 0 aliphatic rings. The molecular weight excluding hydrogens is 222 g/mol. The smallest absolute Gasteiger partial charge is 0.0701 e. The van der Waals surface area contributed by atoms with E-state index in [1.807, 2.05) is 0 Å². The van der Waals surface area contributed by atoms with Crippen LogP contribution in [0, 0.1) is 0 Å². The highest BCUT2D eigenvalue weighted by molar-refractivity contribution is 6.54. The van der Waals surface area contributed by atoms with Crippen molar-refractivity contribution in [2.75, 3.05) is 6.17 Å². The SMILES string of the molecule is NC[SiH2]c1ccccc1CCc1ccccc1. The van der Waals surface area contributed by atoms with Gasteiger partial charge in [-0.1, -0.05) is 59.8 Å². The Morgan fingerprint density at radius 3 is 2.29 bits per heavy atom. The first kappa shape index (κ1) is 12.1. The highest BCUT2D eigenvalue weighted by atomic mass is 28.2. The lowest BCUT2D eigenvalue weighted by molar-refractivity contribution is 0.966. The van der Waals surface area contributed by atoms with Crippen LogP contribution in [0.5, 0.6) is 0 Å². The number of aryl methyl sites for hydroxylation is 2. The van der Waals surface area contributed by atoms with Crippen molar-refractivity contribution in [3.8, 4) is 0 Å². The predicted octanol–water partition coefficient (Wildman–Crippen LogP) is 1.18. The van der Waals surface area contributed by atoms with Gasteiger partial charge in [0.05, 0.1) is 9.52 Å². The van der Waals surface area contributed by atoms with Crippen molar-refractivity contribution < 1.29 is 0 Å². The van der Waals surface area contributed by atoms with Crippen molar-refractivity contribution in [2.45, 2.75) is 12.8 Å². The quantitative estimate of drug-likeness (QED) is 0.782. The van der Waals surface area contributed by atoms with Crippen LogP contribution in [0.3, 0.4) is 0 Å². The molecule has 17 heavy (non-hydrogen) atoms. The zero-order chi connectivity index (χ0) is 11.9. The second-order valence-corrected chi connectivity index (χ2v) is 6.13. The first-order valence-corrected chi connectivity index (χ1v) is 7.91. The van der Waals surface area contributed by atoms with Crippen molar-refractivity contribution in [1.29, 1.82) is 0 Å². The van der Waals surface area contributed by atoms with Gasteiger partial charge < -0.3 is 5.73 Å². The van der Waals surface area contributed by atoms with E-state index < -0.39 is 0 Å². The molecule has 2 aromatic carbocycles. The molecule has 0 saturated carbocycles. The van der Waals surface area contributed by atoms with Crippen molar-refractivity contribution in [3.63, 3.8) is 0 Å². The Kier molecular flexibility index (Phi) is 4.53. The molecule has 0 saturated heterocycles. The summed E-state index contributed by atoms with van der Waals surface area (Å²) in [6.45, 7) is 0. The highest BCUT2D eigenvalue weighted by Gasteiger charge is 2.01. The molecule has 2 heteroatoms. The molecule has 0 aliphatic carbocycles. The van der Waals surface area contributed by atoms with Gasteiger partial charge in [0.25, 0.3) is 0 Å². The monoisotopic (exact) mass is 241 g/mol. The van der Waals surface area contributed by atoms with Gasteiger partial charge in [0.1, 0.15) is 0 Å². The summed E-state index contributed by atoms with van der Waals surface area (Å²) in [5.74, 6) is 0. The Bertz CT molecular complexity index is 453. The minimum Gasteiger partial charge on any atom is -0.333 e. The topological polar surface area (TPSA) is 26.0 Å². The van der Waals surface area contributed by atoms with Gasteiger partial charge in [-0.25, -0.2) is 0 Å². The van der Waals surface area contributed by atoms with Gasteiger partial charge in [0.2, 0.25) is 0 Å². The highest BCUT2D eigenvalue weighted by Crippen LogP contribution is 2.05. The van der Waals surface area contributed by atoms with Crippen LogP contribution in [-0.4, -0.2) is 15.7 Å². The number of rotatable bonds is 5. The summed E-state index contributed by atoms with van der Waals surface area (Å²) in [5.41, 5.74) is 8.61. The van der Waals surface area contributed by atoms with Crippen LogP contribution in [0.25, 0.3) is 0 Å². The van der Waals surface area contributed by atoms with Gasteiger partial charge in [-0.15, -0.1) is 0 Å². The summed E-state index contributed by atoms with van der Waals surface area (Å²) in [6, 6.07) is 19.4. The summed E-state index contributed by atoms with van der Waals surface area (Å²) >= 11 is 0. The number of benzene rings is 2. The zero-order valence-corrected chi connectivity index (χ0v) is 11.5.